The van der Waals surface area contributed by atoms with E-state index >= 15 is 0 Å². The highest BCUT2D eigenvalue weighted by atomic mass is 15.1. The van der Waals surface area contributed by atoms with Crippen LogP contribution in [0, 0.1) is 6.92 Å². The summed E-state index contributed by atoms with van der Waals surface area (Å²) in [6.45, 7) is 2.28. The molecule has 1 aliphatic rings. The van der Waals surface area contributed by atoms with Gasteiger partial charge in [0.15, 0.2) is 0 Å². The molecule has 8 aromatic carbocycles. The van der Waals surface area contributed by atoms with Gasteiger partial charge in [-0.1, -0.05) is 127 Å². The first-order chi connectivity index (χ1) is 23.7. The van der Waals surface area contributed by atoms with Crippen molar-refractivity contribution in [3.8, 4) is 22.3 Å². The van der Waals surface area contributed by atoms with Crippen LogP contribution in [0.1, 0.15) is 29.5 Å². The summed E-state index contributed by atoms with van der Waals surface area (Å²) in [5.74, 6) is 0. The van der Waals surface area contributed by atoms with Crippen molar-refractivity contribution in [1.29, 1.82) is 0 Å². The number of hydrogen-bond donors (Lipinski definition) is 0. The Morgan fingerprint density at radius 1 is 0.438 bits per heavy atom. The zero-order chi connectivity index (χ0) is 32.0. The molecule has 0 amide bonds. The first-order valence-electron chi connectivity index (χ1n) is 17.2. The molecule has 8 aromatic rings. The molecule has 0 aromatic heterocycles. The molecule has 0 heterocycles. The summed E-state index contributed by atoms with van der Waals surface area (Å²) in [6, 6.07) is 58.3. The number of benzene rings is 8. The van der Waals surface area contributed by atoms with E-state index in [9.17, 15) is 0 Å². The van der Waals surface area contributed by atoms with Gasteiger partial charge in [0.25, 0.3) is 0 Å². The van der Waals surface area contributed by atoms with Crippen LogP contribution in [0.2, 0.25) is 0 Å². The van der Waals surface area contributed by atoms with Crippen molar-refractivity contribution in [2.75, 3.05) is 4.90 Å². The van der Waals surface area contributed by atoms with Crippen LogP contribution in [0.3, 0.4) is 0 Å². The van der Waals surface area contributed by atoms with Crippen molar-refractivity contribution in [1.82, 2.24) is 0 Å². The average Bonchev–Trinajstić information content (AvgIpc) is 3.16. The Bertz CT molecular complexity index is 2450. The summed E-state index contributed by atoms with van der Waals surface area (Å²) in [5.41, 5.74) is 13.0. The highest BCUT2D eigenvalue weighted by Gasteiger charge is 2.23. The lowest BCUT2D eigenvalue weighted by atomic mass is 9.88. The fraction of sp³-hybridized carbons (Fsp3) is 0.106. The van der Waals surface area contributed by atoms with E-state index in [1.165, 1.54) is 101 Å². The maximum atomic E-state index is 2.51. The van der Waals surface area contributed by atoms with Gasteiger partial charge in [-0.3, -0.25) is 0 Å². The van der Waals surface area contributed by atoms with Crippen molar-refractivity contribution in [3.63, 3.8) is 0 Å². The first-order valence-corrected chi connectivity index (χ1v) is 17.2. The quantitative estimate of drug-likeness (QED) is 0.174. The van der Waals surface area contributed by atoms with Crippen molar-refractivity contribution >= 4 is 49.4 Å². The summed E-state index contributed by atoms with van der Waals surface area (Å²) in [6.07, 6.45) is 4.79. The molecule has 1 nitrogen and oxygen atoms in total. The number of nitrogens with zero attached hydrogens (tertiary/aromatic N) is 1. The first kappa shape index (κ1) is 28.6. The van der Waals surface area contributed by atoms with Crippen LogP contribution in [0.25, 0.3) is 54.6 Å². The smallest absolute Gasteiger partial charge is 0.0525 e. The second-order valence-corrected chi connectivity index (χ2v) is 13.2. The minimum absolute atomic E-state index is 1.12. The minimum atomic E-state index is 1.12. The zero-order valence-electron chi connectivity index (χ0n) is 27.3. The van der Waals surface area contributed by atoms with E-state index in [1.807, 2.05) is 0 Å². The van der Waals surface area contributed by atoms with Crippen LogP contribution in [0.15, 0.2) is 158 Å². The van der Waals surface area contributed by atoms with E-state index in [4.69, 9.17) is 0 Å². The normalized spacial score (nSPS) is 12.8. The molecule has 0 radical (unpaired) electrons. The largest absolute Gasteiger partial charge is 0.310 e. The van der Waals surface area contributed by atoms with Crippen LogP contribution in [0.5, 0.6) is 0 Å². The number of rotatable bonds is 5. The maximum absolute atomic E-state index is 2.51. The molecule has 1 aliphatic carbocycles. The van der Waals surface area contributed by atoms with Crippen LogP contribution < -0.4 is 4.90 Å². The average molecular weight is 616 g/mol. The second-order valence-electron chi connectivity index (χ2n) is 13.2. The summed E-state index contributed by atoms with van der Waals surface area (Å²) >= 11 is 0. The number of fused-ring (bicyclic) bond motifs is 5. The Morgan fingerprint density at radius 3 is 1.77 bits per heavy atom. The van der Waals surface area contributed by atoms with Crippen molar-refractivity contribution in [3.05, 3.63) is 174 Å². The SMILES string of the molecule is Cc1ccc2c(c1N(c1ccc(-c3cccc4ccccc34)cc1)c1ccc(-c3cc4ccccc4c4ccccc34)cc1)CCCC2. The molecule has 0 fully saturated rings. The molecule has 48 heavy (non-hydrogen) atoms. The van der Waals surface area contributed by atoms with Crippen LogP contribution in [-0.2, 0) is 12.8 Å². The van der Waals surface area contributed by atoms with Crippen LogP contribution >= 0.6 is 0 Å². The Morgan fingerprint density at radius 2 is 1.02 bits per heavy atom. The third-order valence-corrected chi connectivity index (χ3v) is 10.4. The van der Waals surface area contributed by atoms with Gasteiger partial charge in [0.2, 0.25) is 0 Å². The minimum Gasteiger partial charge on any atom is -0.310 e. The van der Waals surface area contributed by atoms with Crippen molar-refractivity contribution in [2.24, 2.45) is 0 Å². The molecule has 230 valence electrons. The molecule has 0 bridgehead atoms. The highest BCUT2D eigenvalue weighted by Crippen LogP contribution is 2.44. The van der Waals surface area contributed by atoms with Gasteiger partial charge < -0.3 is 4.90 Å². The molecule has 0 aliphatic heterocycles. The third kappa shape index (κ3) is 4.86. The zero-order valence-corrected chi connectivity index (χ0v) is 27.3. The van der Waals surface area contributed by atoms with Gasteiger partial charge in [0.1, 0.15) is 0 Å². The molecule has 0 atom stereocenters. The molecule has 0 N–H and O–H groups in total. The van der Waals surface area contributed by atoms with E-state index in [-0.39, 0.29) is 0 Å². The van der Waals surface area contributed by atoms with Crippen LogP contribution in [-0.4, -0.2) is 0 Å². The Labute approximate surface area is 282 Å². The topological polar surface area (TPSA) is 3.24 Å². The molecule has 0 unspecified atom stereocenters. The summed E-state index contributed by atoms with van der Waals surface area (Å²) in [4.78, 5) is 2.51. The van der Waals surface area contributed by atoms with Gasteiger partial charge in [-0.25, -0.2) is 0 Å². The number of anilines is 3. The lowest BCUT2D eigenvalue weighted by Crippen LogP contribution is -2.16. The number of aryl methyl sites for hydroxylation is 2. The standard InChI is InChI=1S/C47H37N/c1-32-21-22-34-12-3-7-17-43(34)47(32)48(38-27-23-35(24-28-38)41-20-10-14-33-11-2-5-15-40(33)41)39-29-25-36(26-30-39)46-31-37-13-4-6-16-42(37)44-18-8-9-19-45(44)46/h2,4-6,8-11,13-16,18-31H,3,7,12,17H2,1H3. The lowest BCUT2D eigenvalue weighted by Gasteiger charge is -2.32. The van der Waals surface area contributed by atoms with Crippen molar-refractivity contribution < 1.29 is 0 Å². The van der Waals surface area contributed by atoms with Gasteiger partial charge in [-0.05, 0) is 134 Å². The fourth-order valence-electron chi connectivity index (χ4n) is 7.99. The van der Waals surface area contributed by atoms with Gasteiger partial charge in [-0.15, -0.1) is 0 Å². The van der Waals surface area contributed by atoms with E-state index in [0.29, 0.717) is 0 Å². The predicted molar refractivity (Wildman–Crippen MR) is 206 cm³/mol. The Balaban J connectivity index is 1.18. The summed E-state index contributed by atoms with van der Waals surface area (Å²) < 4.78 is 0. The molecule has 1 heteroatoms. The van der Waals surface area contributed by atoms with Gasteiger partial charge >= 0.3 is 0 Å². The molecule has 9 rings (SSSR count). The lowest BCUT2D eigenvalue weighted by molar-refractivity contribution is 0.685. The summed E-state index contributed by atoms with van der Waals surface area (Å²) in [7, 11) is 0. The van der Waals surface area contributed by atoms with Gasteiger partial charge in [0.05, 0.1) is 5.69 Å². The van der Waals surface area contributed by atoms with Gasteiger partial charge in [0, 0.05) is 11.4 Å². The fourth-order valence-corrected chi connectivity index (χ4v) is 7.99. The number of hydrogen-bond acceptors (Lipinski definition) is 1. The summed E-state index contributed by atoms with van der Waals surface area (Å²) in [5, 5.41) is 7.72. The Hall–Kier alpha value is -5.66. The van der Waals surface area contributed by atoms with E-state index in [0.717, 1.165) is 12.8 Å². The van der Waals surface area contributed by atoms with E-state index in [2.05, 4.69) is 170 Å². The molecular weight excluding hydrogens is 579 g/mol. The maximum Gasteiger partial charge on any atom is 0.0525 e. The monoisotopic (exact) mass is 615 g/mol. The second kappa shape index (κ2) is 11.9. The van der Waals surface area contributed by atoms with E-state index < -0.39 is 0 Å². The molecule has 0 saturated heterocycles. The molecular formula is C47H37N. The van der Waals surface area contributed by atoms with E-state index in [1.54, 1.807) is 0 Å². The third-order valence-electron chi connectivity index (χ3n) is 10.4. The molecule has 0 spiro atoms. The predicted octanol–water partition coefficient (Wildman–Crippen LogP) is 13.1. The van der Waals surface area contributed by atoms with Gasteiger partial charge in [-0.2, -0.15) is 0 Å². The highest BCUT2D eigenvalue weighted by molar-refractivity contribution is 6.13. The van der Waals surface area contributed by atoms with Crippen molar-refractivity contribution in [2.45, 2.75) is 32.6 Å². The Kier molecular flexibility index (Phi) is 7.05. The molecule has 0 saturated carbocycles. The van der Waals surface area contributed by atoms with Crippen LogP contribution in [0.4, 0.5) is 17.1 Å².